The number of aryl methyl sites for hydroxylation is 2. The molecule has 4 nitrogen and oxygen atoms in total. The summed E-state index contributed by atoms with van der Waals surface area (Å²) >= 11 is 0. The standard InChI is InChI=1S/C28H26N4/c1-19-8-6-7-11-25(19)26-13-12-21(14-20(26)2)15-24-16-23(17-29-24)28-31-18-30-27(32-28)22-9-4-3-5-10-22/h3-14,16-18,27,29H,15H2,1-2H3,(H,30,31,32). The van der Waals surface area contributed by atoms with Gasteiger partial charge in [0.25, 0.3) is 0 Å². The molecule has 0 saturated carbocycles. The topological polar surface area (TPSA) is 52.5 Å². The number of amidine groups is 1. The maximum absolute atomic E-state index is 4.80. The van der Waals surface area contributed by atoms with E-state index in [-0.39, 0.29) is 6.17 Å². The van der Waals surface area contributed by atoms with Crippen LogP contribution in [0.25, 0.3) is 11.1 Å². The largest absolute Gasteiger partial charge is 0.364 e. The van der Waals surface area contributed by atoms with Crippen molar-refractivity contribution in [1.29, 1.82) is 0 Å². The molecule has 2 N–H and O–H groups in total. The van der Waals surface area contributed by atoms with Gasteiger partial charge in [-0.3, -0.25) is 0 Å². The second-order valence-corrected chi connectivity index (χ2v) is 8.24. The van der Waals surface area contributed by atoms with Crippen molar-refractivity contribution in [2.75, 3.05) is 0 Å². The van der Waals surface area contributed by atoms with Gasteiger partial charge in [0, 0.05) is 23.9 Å². The maximum atomic E-state index is 4.80. The van der Waals surface area contributed by atoms with Gasteiger partial charge >= 0.3 is 0 Å². The van der Waals surface area contributed by atoms with Gasteiger partial charge in [-0.1, -0.05) is 72.8 Å². The van der Waals surface area contributed by atoms with Crippen molar-refractivity contribution in [1.82, 2.24) is 10.3 Å². The molecule has 1 aliphatic rings. The Bertz CT molecular complexity index is 1300. The van der Waals surface area contributed by atoms with Crippen LogP contribution in [-0.4, -0.2) is 17.2 Å². The molecule has 0 spiro atoms. The Labute approximate surface area is 188 Å². The van der Waals surface area contributed by atoms with Gasteiger partial charge in [0.1, 0.15) is 5.84 Å². The van der Waals surface area contributed by atoms with Crippen molar-refractivity contribution in [3.8, 4) is 11.1 Å². The van der Waals surface area contributed by atoms with Gasteiger partial charge in [-0.05, 0) is 53.3 Å². The van der Waals surface area contributed by atoms with E-state index in [1.807, 2.05) is 24.4 Å². The predicted molar refractivity (Wildman–Crippen MR) is 132 cm³/mol. The zero-order valence-electron chi connectivity index (χ0n) is 18.3. The molecular formula is C28H26N4. The number of nitrogens with zero attached hydrogens (tertiary/aromatic N) is 2. The molecule has 0 bridgehead atoms. The third kappa shape index (κ3) is 4.12. The van der Waals surface area contributed by atoms with E-state index < -0.39 is 0 Å². The fraction of sp³-hybridized carbons (Fsp3) is 0.143. The molecule has 1 aliphatic heterocycles. The minimum atomic E-state index is -0.206. The first-order chi connectivity index (χ1) is 15.7. The minimum absolute atomic E-state index is 0.206. The molecule has 0 amide bonds. The van der Waals surface area contributed by atoms with E-state index in [0.717, 1.165) is 29.1 Å². The Kier molecular flexibility index (Phi) is 5.42. The summed E-state index contributed by atoms with van der Waals surface area (Å²) in [7, 11) is 0. The van der Waals surface area contributed by atoms with Crippen molar-refractivity contribution >= 4 is 12.2 Å². The number of H-pyrrole nitrogens is 1. The fourth-order valence-electron chi connectivity index (χ4n) is 4.22. The van der Waals surface area contributed by atoms with Gasteiger partial charge in [-0.25, -0.2) is 9.98 Å². The van der Waals surface area contributed by atoms with Crippen LogP contribution in [0.3, 0.4) is 0 Å². The summed E-state index contributed by atoms with van der Waals surface area (Å²) in [6.07, 6.45) is 4.39. The molecule has 0 saturated heterocycles. The Morgan fingerprint density at radius 2 is 1.59 bits per heavy atom. The average molecular weight is 419 g/mol. The molecule has 1 unspecified atom stereocenters. The number of nitrogens with one attached hydrogen (secondary N) is 2. The van der Waals surface area contributed by atoms with Crippen LogP contribution in [0.4, 0.5) is 0 Å². The van der Waals surface area contributed by atoms with Gasteiger partial charge in [0.05, 0.1) is 6.34 Å². The van der Waals surface area contributed by atoms with Crippen LogP contribution in [0, 0.1) is 13.8 Å². The molecule has 0 radical (unpaired) electrons. The predicted octanol–water partition coefficient (Wildman–Crippen LogP) is 5.97. The second kappa shape index (κ2) is 8.67. The van der Waals surface area contributed by atoms with Crippen molar-refractivity contribution in [3.63, 3.8) is 0 Å². The summed E-state index contributed by atoms with van der Waals surface area (Å²) < 4.78 is 0. The summed E-state index contributed by atoms with van der Waals surface area (Å²) in [4.78, 5) is 12.7. The molecule has 1 atom stereocenters. The number of hydrogen-bond donors (Lipinski definition) is 2. The third-order valence-corrected chi connectivity index (χ3v) is 5.90. The lowest BCUT2D eigenvalue weighted by atomic mass is 9.94. The number of benzene rings is 3. The molecule has 3 aromatic carbocycles. The summed E-state index contributed by atoms with van der Waals surface area (Å²) in [6, 6.07) is 27.6. The third-order valence-electron chi connectivity index (χ3n) is 5.90. The van der Waals surface area contributed by atoms with Crippen LogP contribution >= 0.6 is 0 Å². The van der Waals surface area contributed by atoms with E-state index in [1.165, 1.54) is 27.8 Å². The normalized spacial score (nSPS) is 15.3. The highest BCUT2D eigenvalue weighted by Gasteiger charge is 2.15. The number of aromatic nitrogens is 1. The Morgan fingerprint density at radius 1 is 0.812 bits per heavy atom. The number of aromatic amines is 1. The first-order valence-electron chi connectivity index (χ1n) is 10.9. The monoisotopic (exact) mass is 418 g/mol. The van der Waals surface area contributed by atoms with E-state index in [2.05, 4.69) is 89.8 Å². The molecule has 158 valence electrons. The van der Waals surface area contributed by atoms with Crippen LogP contribution in [0.1, 0.15) is 39.7 Å². The van der Waals surface area contributed by atoms with Crippen molar-refractivity contribution in [2.45, 2.75) is 26.4 Å². The lowest BCUT2D eigenvalue weighted by Gasteiger charge is -2.15. The van der Waals surface area contributed by atoms with E-state index in [1.54, 1.807) is 6.34 Å². The molecule has 32 heavy (non-hydrogen) atoms. The quantitative estimate of drug-likeness (QED) is 0.412. The van der Waals surface area contributed by atoms with Gasteiger partial charge < -0.3 is 10.3 Å². The Balaban J connectivity index is 1.34. The molecule has 0 aliphatic carbocycles. The average Bonchev–Trinajstić information content (AvgIpc) is 3.29. The van der Waals surface area contributed by atoms with Crippen LogP contribution in [-0.2, 0) is 6.42 Å². The molecule has 2 heterocycles. The second-order valence-electron chi connectivity index (χ2n) is 8.24. The zero-order chi connectivity index (χ0) is 21.9. The zero-order valence-corrected chi connectivity index (χ0v) is 18.3. The van der Waals surface area contributed by atoms with Gasteiger partial charge in [0.15, 0.2) is 6.17 Å². The number of rotatable bonds is 5. The van der Waals surface area contributed by atoms with Crippen LogP contribution < -0.4 is 5.32 Å². The van der Waals surface area contributed by atoms with E-state index in [9.17, 15) is 0 Å². The first kappa shape index (κ1) is 20.0. The number of hydrogen-bond acceptors (Lipinski definition) is 3. The summed E-state index contributed by atoms with van der Waals surface area (Å²) in [5.74, 6) is 0.836. The summed E-state index contributed by atoms with van der Waals surface area (Å²) in [5.41, 5.74) is 9.77. The highest BCUT2D eigenvalue weighted by atomic mass is 15.2. The maximum Gasteiger partial charge on any atom is 0.169 e. The van der Waals surface area contributed by atoms with Crippen LogP contribution in [0.15, 0.2) is 95.0 Å². The van der Waals surface area contributed by atoms with Gasteiger partial charge in [-0.15, -0.1) is 0 Å². The summed E-state index contributed by atoms with van der Waals surface area (Å²) in [6.45, 7) is 4.35. The highest BCUT2D eigenvalue weighted by molar-refractivity contribution is 6.05. The SMILES string of the molecule is Cc1ccccc1-c1ccc(Cc2cc(C3=NC(c4ccccc4)N=CN3)c[nH]2)cc1C. The van der Waals surface area contributed by atoms with Crippen LogP contribution in [0.2, 0.25) is 0 Å². The van der Waals surface area contributed by atoms with E-state index >= 15 is 0 Å². The Morgan fingerprint density at radius 3 is 2.41 bits per heavy atom. The first-order valence-corrected chi connectivity index (χ1v) is 10.9. The minimum Gasteiger partial charge on any atom is -0.364 e. The number of aliphatic imine (C=N–C) groups is 2. The van der Waals surface area contributed by atoms with Crippen LogP contribution in [0.5, 0.6) is 0 Å². The molecular weight excluding hydrogens is 392 g/mol. The highest BCUT2D eigenvalue weighted by Crippen LogP contribution is 2.28. The lowest BCUT2D eigenvalue weighted by Crippen LogP contribution is -2.26. The molecule has 4 aromatic rings. The molecule has 1 aromatic heterocycles. The lowest BCUT2D eigenvalue weighted by molar-refractivity contribution is 0.762. The van der Waals surface area contributed by atoms with Crippen molar-refractivity contribution < 1.29 is 0 Å². The van der Waals surface area contributed by atoms with E-state index in [0.29, 0.717) is 0 Å². The fourth-order valence-corrected chi connectivity index (χ4v) is 4.22. The summed E-state index contributed by atoms with van der Waals surface area (Å²) in [5, 5.41) is 3.19. The Hall–Kier alpha value is -3.92. The van der Waals surface area contributed by atoms with E-state index in [4.69, 9.17) is 4.99 Å². The molecule has 0 fully saturated rings. The van der Waals surface area contributed by atoms with Gasteiger partial charge in [0.2, 0.25) is 0 Å². The smallest absolute Gasteiger partial charge is 0.169 e. The van der Waals surface area contributed by atoms with Crippen molar-refractivity contribution in [3.05, 3.63) is 119 Å². The molecule has 5 rings (SSSR count). The van der Waals surface area contributed by atoms with Crippen molar-refractivity contribution in [2.24, 2.45) is 9.98 Å². The molecule has 4 heteroatoms. The van der Waals surface area contributed by atoms with Gasteiger partial charge in [-0.2, -0.15) is 0 Å².